The van der Waals surface area contributed by atoms with Gasteiger partial charge in [0, 0.05) is 18.7 Å². The lowest BCUT2D eigenvalue weighted by Gasteiger charge is -2.16. The maximum absolute atomic E-state index is 9.36. The quantitative estimate of drug-likeness (QED) is 0.538. The van der Waals surface area contributed by atoms with Crippen molar-refractivity contribution in [3.8, 4) is 0 Å². The van der Waals surface area contributed by atoms with Crippen molar-refractivity contribution < 1.29 is 5.11 Å². The van der Waals surface area contributed by atoms with Crippen LogP contribution in [0.15, 0.2) is 0 Å². The number of hydrogen-bond acceptors (Lipinski definition) is 3. The SMILES string of the molecule is NCc1n[nH]c2c1CCC(O)C2. The van der Waals surface area contributed by atoms with E-state index in [-0.39, 0.29) is 6.10 Å². The molecule has 0 radical (unpaired) electrons. The van der Waals surface area contributed by atoms with Gasteiger partial charge in [-0.2, -0.15) is 5.10 Å². The lowest BCUT2D eigenvalue weighted by molar-refractivity contribution is 0.157. The number of fused-ring (bicyclic) bond motifs is 1. The summed E-state index contributed by atoms with van der Waals surface area (Å²) in [6.07, 6.45) is 2.23. The molecule has 0 saturated carbocycles. The van der Waals surface area contributed by atoms with Crippen molar-refractivity contribution in [2.24, 2.45) is 5.73 Å². The van der Waals surface area contributed by atoms with Gasteiger partial charge in [-0.05, 0) is 18.4 Å². The van der Waals surface area contributed by atoms with E-state index in [1.54, 1.807) is 0 Å². The standard InChI is InChI=1S/C8H13N3O/c9-4-8-6-2-1-5(12)3-7(6)10-11-8/h5,12H,1-4,9H2,(H,10,11). The summed E-state index contributed by atoms with van der Waals surface area (Å²) in [6.45, 7) is 0.488. The highest BCUT2D eigenvalue weighted by Crippen LogP contribution is 2.21. The Balaban J connectivity index is 2.32. The summed E-state index contributed by atoms with van der Waals surface area (Å²) in [5, 5.41) is 16.4. The maximum atomic E-state index is 9.36. The van der Waals surface area contributed by atoms with Crippen molar-refractivity contribution in [1.82, 2.24) is 10.2 Å². The van der Waals surface area contributed by atoms with Crippen LogP contribution in [-0.4, -0.2) is 21.4 Å². The van der Waals surface area contributed by atoms with Gasteiger partial charge in [-0.1, -0.05) is 0 Å². The number of hydrogen-bond donors (Lipinski definition) is 3. The Morgan fingerprint density at radius 3 is 3.25 bits per heavy atom. The van der Waals surface area contributed by atoms with Gasteiger partial charge < -0.3 is 10.8 Å². The zero-order valence-electron chi connectivity index (χ0n) is 6.88. The summed E-state index contributed by atoms with van der Waals surface area (Å²) in [4.78, 5) is 0. The predicted octanol–water partition coefficient (Wildman–Crippen LogP) is -0.282. The average molecular weight is 167 g/mol. The summed E-state index contributed by atoms with van der Waals surface area (Å²) in [5.41, 5.74) is 8.75. The zero-order chi connectivity index (χ0) is 8.55. The van der Waals surface area contributed by atoms with E-state index < -0.39 is 0 Å². The number of nitrogens with one attached hydrogen (secondary N) is 1. The molecule has 0 aromatic carbocycles. The molecule has 1 atom stereocenters. The lowest BCUT2D eigenvalue weighted by atomic mass is 9.94. The molecule has 4 N–H and O–H groups in total. The molecule has 4 heteroatoms. The van der Waals surface area contributed by atoms with Crippen molar-refractivity contribution in [3.63, 3.8) is 0 Å². The van der Waals surface area contributed by atoms with Crippen LogP contribution in [0.3, 0.4) is 0 Å². The highest BCUT2D eigenvalue weighted by atomic mass is 16.3. The highest BCUT2D eigenvalue weighted by molar-refractivity contribution is 5.28. The van der Waals surface area contributed by atoms with Crippen LogP contribution in [0.5, 0.6) is 0 Å². The number of nitrogens with zero attached hydrogens (tertiary/aromatic N) is 1. The molecule has 2 rings (SSSR count). The smallest absolute Gasteiger partial charge is 0.0792 e. The molecule has 1 heterocycles. The molecule has 0 amide bonds. The van der Waals surface area contributed by atoms with Crippen molar-refractivity contribution >= 4 is 0 Å². The molecule has 1 aliphatic carbocycles. The van der Waals surface area contributed by atoms with Crippen LogP contribution in [0, 0.1) is 0 Å². The topological polar surface area (TPSA) is 74.9 Å². The van der Waals surface area contributed by atoms with Gasteiger partial charge in [-0.25, -0.2) is 0 Å². The van der Waals surface area contributed by atoms with Gasteiger partial charge in [0.25, 0.3) is 0 Å². The summed E-state index contributed by atoms with van der Waals surface area (Å²) < 4.78 is 0. The Bertz CT molecular complexity index is 282. The van der Waals surface area contributed by atoms with Crippen molar-refractivity contribution in [2.75, 3.05) is 0 Å². The highest BCUT2D eigenvalue weighted by Gasteiger charge is 2.20. The number of aliphatic hydroxyl groups excluding tert-OH is 1. The number of aromatic amines is 1. The van der Waals surface area contributed by atoms with E-state index in [1.165, 1.54) is 5.56 Å². The van der Waals surface area contributed by atoms with E-state index in [2.05, 4.69) is 10.2 Å². The minimum atomic E-state index is -0.205. The fraction of sp³-hybridized carbons (Fsp3) is 0.625. The molecule has 0 fully saturated rings. The second-order valence-corrected chi connectivity index (χ2v) is 3.23. The van der Waals surface area contributed by atoms with E-state index in [0.717, 1.165) is 24.2 Å². The van der Waals surface area contributed by atoms with Crippen LogP contribution in [0.25, 0.3) is 0 Å². The Hall–Kier alpha value is -0.870. The third kappa shape index (κ3) is 1.13. The third-order valence-corrected chi connectivity index (χ3v) is 2.40. The van der Waals surface area contributed by atoms with Crippen LogP contribution >= 0.6 is 0 Å². The van der Waals surface area contributed by atoms with Gasteiger partial charge in [0.05, 0.1) is 11.8 Å². The van der Waals surface area contributed by atoms with Gasteiger partial charge in [0.15, 0.2) is 0 Å². The molecule has 0 spiro atoms. The first-order chi connectivity index (χ1) is 5.81. The first-order valence-corrected chi connectivity index (χ1v) is 4.24. The van der Waals surface area contributed by atoms with Gasteiger partial charge in [-0.15, -0.1) is 0 Å². The predicted molar refractivity (Wildman–Crippen MR) is 44.5 cm³/mol. The van der Waals surface area contributed by atoms with Gasteiger partial charge in [0.2, 0.25) is 0 Å². The molecule has 0 saturated heterocycles. The number of aromatic nitrogens is 2. The van der Waals surface area contributed by atoms with Crippen LogP contribution < -0.4 is 5.73 Å². The van der Waals surface area contributed by atoms with E-state index in [1.807, 2.05) is 0 Å². The second kappa shape index (κ2) is 2.88. The number of H-pyrrole nitrogens is 1. The third-order valence-electron chi connectivity index (χ3n) is 2.40. The van der Waals surface area contributed by atoms with Gasteiger partial charge in [-0.3, -0.25) is 5.10 Å². The van der Waals surface area contributed by atoms with Crippen LogP contribution in [0.4, 0.5) is 0 Å². The Kier molecular flexibility index (Phi) is 1.86. The molecule has 4 nitrogen and oxygen atoms in total. The fourth-order valence-electron chi connectivity index (χ4n) is 1.73. The molecule has 66 valence electrons. The molecule has 1 unspecified atom stereocenters. The van der Waals surface area contributed by atoms with E-state index in [9.17, 15) is 5.11 Å². The molecular formula is C8H13N3O. The first-order valence-electron chi connectivity index (χ1n) is 4.24. The first kappa shape index (κ1) is 7.76. The minimum absolute atomic E-state index is 0.205. The number of aliphatic hydroxyl groups is 1. The summed E-state index contributed by atoms with van der Waals surface area (Å²) in [7, 11) is 0. The zero-order valence-corrected chi connectivity index (χ0v) is 6.88. The maximum Gasteiger partial charge on any atom is 0.0792 e. The van der Waals surface area contributed by atoms with Crippen molar-refractivity contribution in [3.05, 3.63) is 17.0 Å². The van der Waals surface area contributed by atoms with E-state index in [4.69, 9.17) is 5.73 Å². The van der Waals surface area contributed by atoms with Crippen LogP contribution in [0.2, 0.25) is 0 Å². The molecule has 1 aliphatic rings. The monoisotopic (exact) mass is 167 g/mol. The Morgan fingerprint density at radius 2 is 2.50 bits per heavy atom. The Labute approximate surface area is 70.8 Å². The normalized spacial score (nSPS) is 22.3. The van der Waals surface area contributed by atoms with Gasteiger partial charge in [0.1, 0.15) is 0 Å². The molecule has 1 aromatic rings. The largest absolute Gasteiger partial charge is 0.393 e. The summed E-state index contributed by atoms with van der Waals surface area (Å²) >= 11 is 0. The summed E-state index contributed by atoms with van der Waals surface area (Å²) in [5.74, 6) is 0. The molecule has 12 heavy (non-hydrogen) atoms. The van der Waals surface area contributed by atoms with Crippen LogP contribution in [-0.2, 0) is 19.4 Å². The lowest BCUT2D eigenvalue weighted by Crippen LogP contribution is -2.18. The Morgan fingerprint density at radius 1 is 1.67 bits per heavy atom. The molecular weight excluding hydrogens is 154 g/mol. The summed E-state index contributed by atoms with van der Waals surface area (Å²) in [6, 6.07) is 0. The fourth-order valence-corrected chi connectivity index (χ4v) is 1.73. The van der Waals surface area contributed by atoms with Crippen molar-refractivity contribution in [2.45, 2.75) is 31.9 Å². The van der Waals surface area contributed by atoms with Crippen LogP contribution in [0.1, 0.15) is 23.4 Å². The molecule has 0 bridgehead atoms. The van der Waals surface area contributed by atoms with E-state index in [0.29, 0.717) is 13.0 Å². The average Bonchev–Trinajstić information content (AvgIpc) is 2.46. The van der Waals surface area contributed by atoms with E-state index >= 15 is 0 Å². The van der Waals surface area contributed by atoms with Gasteiger partial charge >= 0.3 is 0 Å². The number of rotatable bonds is 1. The minimum Gasteiger partial charge on any atom is -0.393 e. The molecule has 1 aromatic heterocycles. The molecule has 0 aliphatic heterocycles. The van der Waals surface area contributed by atoms with Crippen molar-refractivity contribution in [1.29, 1.82) is 0 Å². The number of nitrogens with two attached hydrogens (primary N) is 1. The second-order valence-electron chi connectivity index (χ2n) is 3.23.